The van der Waals surface area contributed by atoms with Crippen molar-refractivity contribution in [2.45, 2.75) is 46.0 Å². The van der Waals surface area contributed by atoms with Gasteiger partial charge in [0.25, 0.3) is 0 Å². The van der Waals surface area contributed by atoms with Crippen LogP contribution in [0.5, 0.6) is 0 Å². The van der Waals surface area contributed by atoms with Crippen LogP contribution in [0.25, 0.3) is 0 Å². The number of ether oxygens (including phenoxy) is 1. The molecule has 0 bridgehead atoms. The molecule has 0 unspecified atom stereocenters. The molecular weight excluding hydrogens is 246 g/mol. The number of rotatable bonds is 9. The second-order valence-corrected chi connectivity index (χ2v) is 5.11. The molecule has 0 saturated heterocycles. The highest BCUT2D eigenvalue weighted by Crippen LogP contribution is 2.45. The molecule has 0 aromatic rings. The van der Waals surface area contributed by atoms with Crippen LogP contribution in [0.3, 0.4) is 0 Å². The monoisotopic (exact) mass is 271 g/mol. The predicted octanol–water partition coefficient (Wildman–Crippen LogP) is 1.91. The van der Waals surface area contributed by atoms with Crippen molar-refractivity contribution in [3.63, 3.8) is 0 Å². The molecule has 0 heterocycles. The van der Waals surface area contributed by atoms with Gasteiger partial charge in [0.1, 0.15) is 0 Å². The zero-order chi connectivity index (χ0) is 14.3. The second kappa shape index (κ2) is 7.48. The summed E-state index contributed by atoms with van der Waals surface area (Å²) in [4.78, 5) is 24.9. The minimum absolute atomic E-state index is 0.0150. The number of nitrogens with zero attached hydrogens (tertiary/aromatic N) is 1. The van der Waals surface area contributed by atoms with E-state index in [0.29, 0.717) is 26.3 Å². The van der Waals surface area contributed by atoms with E-state index in [1.807, 2.05) is 13.8 Å². The molecule has 1 aliphatic carbocycles. The van der Waals surface area contributed by atoms with Crippen LogP contribution in [0.1, 0.15) is 46.0 Å². The number of hydrogen-bond donors (Lipinski definition) is 1. The Labute approximate surface area is 114 Å². The Bertz CT molecular complexity index is 313. The Morgan fingerprint density at radius 3 is 2.42 bits per heavy atom. The van der Waals surface area contributed by atoms with Gasteiger partial charge in [-0.25, -0.2) is 0 Å². The molecule has 0 spiro atoms. The van der Waals surface area contributed by atoms with Crippen molar-refractivity contribution in [1.29, 1.82) is 0 Å². The van der Waals surface area contributed by atoms with Gasteiger partial charge < -0.3 is 14.7 Å². The zero-order valence-electron chi connectivity index (χ0n) is 12.0. The number of carbonyl (C=O) groups excluding carboxylic acids is 1. The molecule has 19 heavy (non-hydrogen) atoms. The molecule has 1 saturated carbocycles. The fourth-order valence-electron chi connectivity index (χ4n) is 2.56. The number of amides is 1. The lowest BCUT2D eigenvalue weighted by Crippen LogP contribution is -2.49. The van der Waals surface area contributed by atoms with Gasteiger partial charge in [-0.1, -0.05) is 6.42 Å². The second-order valence-electron chi connectivity index (χ2n) is 5.11. The summed E-state index contributed by atoms with van der Waals surface area (Å²) in [5.74, 6) is -0.745. The van der Waals surface area contributed by atoms with E-state index < -0.39 is 5.97 Å². The van der Waals surface area contributed by atoms with E-state index in [4.69, 9.17) is 9.84 Å². The van der Waals surface area contributed by atoms with E-state index in [-0.39, 0.29) is 17.7 Å². The van der Waals surface area contributed by atoms with Gasteiger partial charge in [0.2, 0.25) is 5.91 Å². The number of carbonyl (C=O) groups is 2. The summed E-state index contributed by atoms with van der Waals surface area (Å²) in [6, 6.07) is 0. The molecule has 1 fully saturated rings. The van der Waals surface area contributed by atoms with E-state index in [1.54, 1.807) is 4.90 Å². The van der Waals surface area contributed by atoms with E-state index in [0.717, 1.165) is 25.7 Å². The van der Waals surface area contributed by atoms with Gasteiger partial charge in [0.15, 0.2) is 0 Å². The Kier molecular flexibility index (Phi) is 6.28. The highest BCUT2D eigenvalue weighted by molar-refractivity contribution is 5.84. The summed E-state index contributed by atoms with van der Waals surface area (Å²) in [5.41, 5.74) is -0.288. The summed E-state index contributed by atoms with van der Waals surface area (Å²) in [5, 5.41) is 8.73. The van der Waals surface area contributed by atoms with Gasteiger partial charge >= 0.3 is 5.97 Å². The van der Waals surface area contributed by atoms with Gasteiger partial charge in [-0.15, -0.1) is 0 Å². The van der Waals surface area contributed by atoms with Gasteiger partial charge in [0, 0.05) is 26.3 Å². The van der Waals surface area contributed by atoms with Crippen molar-refractivity contribution in [2.24, 2.45) is 5.41 Å². The maximum atomic E-state index is 12.6. The Balaban J connectivity index is 2.57. The lowest BCUT2D eigenvalue weighted by Gasteiger charge is -2.43. The Hall–Kier alpha value is -1.10. The van der Waals surface area contributed by atoms with Crippen molar-refractivity contribution in [3.8, 4) is 0 Å². The third-order valence-corrected chi connectivity index (χ3v) is 3.96. The van der Waals surface area contributed by atoms with Crippen molar-refractivity contribution in [3.05, 3.63) is 0 Å². The SMILES string of the molecule is CCOCCC1(C(=O)N(CC)CCC(=O)O)CCC1. The minimum atomic E-state index is -0.858. The molecule has 1 rings (SSSR count). The molecule has 0 aromatic carbocycles. The highest BCUT2D eigenvalue weighted by Gasteiger charge is 2.45. The molecule has 1 amide bonds. The fourth-order valence-corrected chi connectivity index (χ4v) is 2.56. The number of carboxylic acids is 1. The smallest absolute Gasteiger partial charge is 0.305 e. The Morgan fingerprint density at radius 2 is 2.00 bits per heavy atom. The van der Waals surface area contributed by atoms with Crippen molar-refractivity contribution in [1.82, 2.24) is 4.90 Å². The summed E-state index contributed by atoms with van der Waals surface area (Å²) >= 11 is 0. The largest absolute Gasteiger partial charge is 0.481 e. The van der Waals surface area contributed by atoms with Gasteiger partial charge in [-0.05, 0) is 33.1 Å². The first kappa shape index (κ1) is 16.0. The normalized spacial score (nSPS) is 16.7. The molecule has 5 nitrogen and oxygen atoms in total. The average molecular weight is 271 g/mol. The first-order valence-corrected chi connectivity index (χ1v) is 7.14. The summed E-state index contributed by atoms with van der Waals surface area (Å²) in [6.07, 6.45) is 3.66. The molecule has 1 aliphatic rings. The van der Waals surface area contributed by atoms with Crippen LogP contribution in [0.4, 0.5) is 0 Å². The van der Waals surface area contributed by atoms with Crippen molar-refractivity contribution >= 4 is 11.9 Å². The Morgan fingerprint density at radius 1 is 1.32 bits per heavy atom. The first-order valence-electron chi connectivity index (χ1n) is 7.14. The van der Waals surface area contributed by atoms with Crippen LogP contribution in [0, 0.1) is 5.41 Å². The molecule has 1 N–H and O–H groups in total. The van der Waals surface area contributed by atoms with Crippen LogP contribution >= 0.6 is 0 Å². The number of hydrogen-bond acceptors (Lipinski definition) is 3. The quantitative estimate of drug-likeness (QED) is 0.650. The van der Waals surface area contributed by atoms with E-state index >= 15 is 0 Å². The van der Waals surface area contributed by atoms with Crippen LogP contribution in [-0.4, -0.2) is 48.2 Å². The van der Waals surface area contributed by atoms with Crippen molar-refractivity contribution in [2.75, 3.05) is 26.3 Å². The molecule has 0 radical (unpaired) electrons. The third kappa shape index (κ3) is 4.20. The lowest BCUT2D eigenvalue weighted by molar-refractivity contribution is -0.150. The topological polar surface area (TPSA) is 66.8 Å². The minimum Gasteiger partial charge on any atom is -0.481 e. The highest BCUT2D eigenvalue weighted by atomic mass is 16.5. The summed E-state index contributed by atoms with van der Waals surface area (Å²) in [7, 11) is 0. The van der Waals surface area contributed by atoms with Crippen LogP contribution in [0.2, 0.25) is 0 Å². The summed E-state index contributed by atoms with van der Waals surface area (Å²) < 4.78 is 5.36. The fraction of sp³-hybridized carbons (Fsp3) is 0.857. The van der Waals surface area contributed by atoms with E-state index in [2.05, 4.69) is 0 Å². The van der Waals surface area contributed by atoms with Gasteiger partial charge in [-0.2, -0.15) is 0 Å². The van der Waals surface area contributed by atoms with Crippen LogP contribution < -0.4 is 0 Å². The predicted molar refractivity (Wildman–Crippen MR) is 71.9 cm³/mol. The third-order valence-electron chi connectivity index (χ3n) is 3.96. The van der Waals surface area contributed by atoms with Crippen LogP contribution in [0.15, 0.2) is 0 Å². The summed E-state index contributed by atoms with van der Waals surface area (Å²) in [6.45, 7) is 6.00. The standard InChI is InChI=1S/C14H25NO4/c1-3-15(10-6-12(16)17)13(18)14(7-5-8-14)9-11-19-4-2/h3-11H2,1-2H3,(H,16,17). The zero-order valence-corrected chi connectivity index (χ0v) is 12.0. The lowest BCUT2D eigenvalue weighted by atomic mass is 9.65. The number of carboxylic acid groups (broad SMARTS) is 1. The van der Waals surface area contributed by atoms with Crippen molar-refractivity contribution < 1.29 is 19.4 Å². The maximum Gasteiger partial charge on any atom is 0.305 e. The molecular formula is C14H25NO4. The molecule has 0 aliphatic heterocycles. The first-order chi connectivity index (χ1) is 9.05. The molecule has 5 heteroatoms. The number of aliphatic carboxylic acids is 1. The van der Waals surface area contributed by atoms with Gasteiger partial charge in [0.05, 0.1) is 11.8 Å². The average Bonchev–Trinajstić information content (AvgIpc) is 2.32. The molecule has 0 aromatic heterocycles. The van der Waals surface area contributed by atoms with E-state index in [9.17, 15) is 9.59 Å². The van der Waals surface area contributed by atoms with E-state index in [1.165, 1.54) is 0 Å². The molecule has 110 valence electrons. The van der Waals surface area contributed by atoms with Gasteiger partial charge in [-0.3, -0.25) is 9.59 Å². The maximum absolute atomic E-state index is 12.6. The molecule has 0 atom stereocenters. The van der Waals surface area contributed by atoms with Crippen LogP contribution in [-0.2, 0) is 14.3 Å².